The lowest BCUT2D eigenvalue weighted by atomic mass is 9.98. The summed E-state index contributed by atoms with van der Waals surface area (Å²) in [5, 5.41) is 18.3. The number of carboxylic acid groups (broad SMARTS) is 1. The van der Waals surface area contributed by atoms with Crippen LogP contribution >= 0.6 is 0 Å². The second kappa shape index (κ2) is 8.08. The van der Waals surface area contributed by atoms with Crippen molar-refractivity contribution in [3.8, 4) is 0 Å². The Morgan fingerprint density at radius 2 is 1.89 bits per heavy atom. The Balaban J connectivity index is 3.98. The number of hydrogen-bond acceptors (Lipinski definition) is 4. The highest BCUT2D eigenvalue weighted by molar-refractivity contribution is 5.73. The summed E-state index contributed by atoms with van der Waals surface area (Å²) >= 11 is 0. The number of rotatable bonds is 9. The minimum absolute atomic E-state index is 0.190. The largest absolute Gasteiger partial charge is 0.481 e. The van der Waals surface area contributed by atoms with Gasteiger partial charge in [0.05, 0.1) is 24.5 Å². The SMILES string of the molecule is CCCCC[C@H](C)OC(=O)CC(C)(O)CC(=O)O. The van der Waals surface area contributed by atoms with E-state index in [4.69, 9.17) is 9.84 Å². The van der Waals surface area contributed by atoms with Gasteiger partial charge >= 0.3 is 11.9 Å². The fourth-order valence-corrected chi connectivity index (χ4v) is 1.71. The van der Waals surface area contributed by atoms with Crippen LogP contribution in [-0.4, -0.2) is 33.9 Å². The number of carboxylic acids is 1. The molecule has 0 saturated heterocycles. The molecule has 0 spiro atoms. The maximum absolute atomic E-state index is 11.5. The molecule has 0 rings (SSSR count). The molecule has 2 N–H and O–H groups in total. The lowest BCUT2D eigenvalue weighted by molar-refractivity contribution is -0.155. The van der Waals surface area contributed by atoms with Gasteiger partial charge in [-0.3, -0.25) is 9.59 Å². The van der Waals surface area contributed by atoms with Gasteiger partial charge in [0.25, 0.3) is 0 Å². The van der Waals surface area contributed by atoms with Gasteiger partial charge in [0.2, 0.25) is 0 Å². The van der Waals surface area contributed by atoms with E-state index in [0.29, 0.717) is 0 Å². The molecular weight excluding hydrogens is 236 g/mol. The highest BCUT2D eigenvalue weighted by Crippen LogP contribution is 2.16. The van der Waals surface area contributed by atoms with E-state index >= 15 is 0 Å². The molecule has 18 heavy (non-hydrogen) atoms. The predicted octanol–water partition coefficient (Wildman–Crippen LogP) is 2.11. The molecule has 0 amide bonds. The van der Waals surface area contributed by atoms with E-state index < -0.39 is 24.0 Å². The minimum atomic E-state index is -1.55. The molecule has 0 saturated carbocycles. The van der Waals surface area contributed by atoms with Crippen LogP contribution in [0.3, 0.4) is 0 Å². The van der Waals surface area contributed by atoms with E-state index in [-0.39, 0.29) is 12.5 Å². The summed E-state index contributed by atoms with van der Waals surface area (Å²) in [5.74, 6) is -1.69. The van der Waals surface area contributed by atoms with Crippen LogP contribution in [0.4, 0.5) is 0 Å². The van der Waals surface area contributed by atoms with Gasteiger partial charge in [-0.1, -0.05) is 19.8 Å². The van der Waals surface area contributed by atoms with Crippen molar-refractivity contribution in [3.05, 3.63) is 0 Å². The number of aliphatic carboxylic acids is 1. The first-order valence-corrected chi connectivity index (χ1v) is 6.40. The standard InChI is InChI=1S/C13H24O5/c1-4-5-6-7-10(2)18-12(16)9-13(3,17)8-11(14)15/h10,17H,4-9H2,1-3H3,(H,14,15)/t10-,13?/m0/s1. The summed E-state index contributed by atoms with van der Waals surface area (Å²) in [5.41, 5.74) is -1.55. The van der Waals surface area contributed by atoms with Crippen LogP contribution in [0.2, 0.25) is 0 Å². The van der Waals surface area contributed by atoms with Gasteiger partial charge in [-0.25, -0.2) is 0 Å². The maximum atomic E-state index is 11.5. The summed E-state index contributed by atoms with van der Waals surface area (Å²) in [4.78, 5) is 22.0. The fourth-order valence-electron chi connectivity index (χ4n) is 1.71. The molecule has 5 heteroatoms. The third-order valence-corrected chi connectivity index (χ3v) is 2.60. The summed E-state index contributed by atoms with van der Waals surface area (Å²) in [6.45, 7) is 5.23. The number of unbranched alkanes of at least 4 members (excludes halogenated alkanes) is 2. The van der Waals surface area contributed by atoms with Crippen LogP contribution in [0.1, 0.15) is 59.3 Å². The molecule has 0 aromatic rings. The van der Waals surface area contributed by atoms with Crippen molar-refractivity contribution in [1.82, 2.24) is 0 Å². The minimum Gasteiger partial charge on any atom is -0.481 e. The van der Waals surface area contributed by atoms with Crippen LogP contribution < -0.4 is 0 Å². The van der Waals surface area contributed by atoms with Gasteiger partial charge in [0.15, 0.2) is 0 Å². The number of carbonyl (C=O) groups excluding carboxylic acids is 1. The van der Waals surface area contributed by atoms with E-state index in [2.05, 4.69) is 6.92 Å². The first-order chi connectivity index (χ1) is 8.26. The van der Waals surface area contributed by atoms with E-state index in [1.165, 1.54) is 6.92 Å². The van der Waals surface area contributed by atoms with E-state index in [1.807, 2.05) is 0 Å². The topological polar surface area (TPSA) is 83.8 Å². The molecule has 0 aliphatic heterocycles. The molecule has 2 atom stereocenters. The lowest BCUT2D eigenvalue weighted by Gasteiger charge is -2.21. The third kappa shape index (κ3) is 8.98. The van der Waals surface area contributed by atoms with Crippen molar-refractivity contribution in [1.29, 1.82) is 0 Å². The van der Waals surface area contributed by atoms with Crippen LogP contribution in [0.5, 0.6) is 0 Å². The zero-order valence-electron chi connectivity index (χ0n) is 11.4. The smallest absolute Gasteiger partial charge is 0.308 e. The number of aliphatic hydroxyl groups is 1. The second-order valence-corrected chi connectivity index (χ2v) is 5.04. The highest BCUT2D eigenvalue weighted by Gasteiger charge is 2.28. The van der Waals surface area contributed by atoms with Gasteiger partial charge in [0.1, 0.15) is 0 Å². The van der Waals surface area contributed by atoms with Crippen molar-refractivity contribution in [2.75, 3.05) is 0 Å². The fraction of sp³-hybridized carbons (Fsp3) is 0.846. The predicted molar refractivity (Wildman–Crippen MR) is 67.2 cm³/mol. The van der Waals surface area contributed by atoms with Gasteiger partial charge in [0, 0.05) is 0 Å². The highest BCUT2D eigenvalue weighted by atomic mass is 16.5. The number of esters is 1. The second-order valence-electron chi connectivity index (χ2n) is 5.04. The average Bonchev–Trinajstić information content (AvgIpc) is 2.13. The Bertz CT molecular complexity index is 273. The Labute approximate surface area is 108 Å². The normalized spacial score (nSPS) is 15.8. The molecule has 0 bridgehead atoms. The lowest BCUT2D eigenvalue weighted by Crippen LogP contribution is -2.32. The molecular formula is C13H24O5. The molecule has 5 nitrogen and oxygen atoms in total. The summed E-state index contributed by atoms with van der Waals surface area (Å²) < 4.78 is 5.12. The molecule has 0 heterocycles. The summed E-state index contributed by atoms with van der Waals surface area (Å²) in [6, 6.07) is 0. The molecule has 106 valence electrons. The van der Waals surface area contributed by atoms with Crippen molar-refractivity contribution in [2.45, 2.75) is 71.0 Å². The van der Waals surface area contributed by atoms with Crippen LogP contribution in [0, 0.1) is 0 Å². The van der Waals surface area contributed by atoms with Gasteiger partial charge in [-0.05, 0) is 26.7 Å². The third-order valence-electron chi connectivity index (χ3n) is 2.60. The van der Waals surface area contributed by atoms with Crippen LogP contribution in [0.25, 0.3) is 0 Å². The van der Waals surface area contributed by atoms with Gasteiger partial charge in [-0.15, -0.1) is 0 Å². The van der Waals surface area contributed by atoms with Crippen LogP contribution in [-0.2, 0) is 14.3 Å². The average molecular weight is 260 g/mol. The van der Waals surface area contributed by atoms with E-state index in [0.717, 1.165) is 25.7 Å². The summed E-state index contributed by atoms with van der Waals surface area (Å²) in [7, 11) is 0. The zero-order valence-corrected chi connectivity index (χ0v) is 11.4. The zero-order chi connectivity index (χ0) is 14.2. The number of hydrogen-bond donors (Lipinski definition) is 2. The van der Waals surface area contributed by atoms with E-state index in [1.54, 1.807) is 6.92 Å². The number of ether oxygens (including phenoxy) is 1. The van der Waals surface area contributed by atoms with Crippen molar-refractivity contribution < 1.29 is 24.5 Å². The first-order valence-electron chi connectivity index (χ1n) is 6.40. The van der Waals surface area contributed by atoms with Crippen molar-refractivity contribution in [2.24, 2.45) is 0 Å². The van der Waals surface area contributed by atoms with Crippen LogP contribution in [0.15, 0.2) is 0 Å². The van der Waals surface area contributed by atoms with Gasteiger partial charge < -0.3 is 14.9 Å². The Kier molecular flexibility index (Phi) is 7.59. The summed E-state index contributed by atoms with van der Waals surface area (Å²) in [6.07, 6.45) is 3.04. The monoisotopic (exact) mass is 260 g/mol. The Hall–Kier alpha value is -1.10. The van der Waals surface area contributed by atoms with Crippen molar-refractivity contribution in [3.63, 3.8) is 0 Å². The molecule has 1 unspecified atom stereocenters. The number of carbonyl (C=O) groups is 2. The molecule has 0 aliphatic carbocycles. The van der Waals surface area contributed by atoms with Crippen molar-refractivity contribution >= 4 is 11.9 Å². The molecule has 0 radical (unpaired) electrons. The quantitative estimate of drug-likeness (QED) is 0.490. The molecule has 0 fully saturated rings. The maximum Gasteiger partial charge on any atom is 0.308 e. The Morgan fingerprint density at radius 3 is 2.39 bits per heavy atom. The Morgan fingerprint density at radius 1 is 1.28 bits per heavy atom. The van der Waals surface area contributed by atoms with Gasteiger partial charge in [-0.2, -0.15) is 0 Å². The molecule has 0 aromatic carbocycles. The molecule has 0 aliphatic rings. The van der Waals surface area contributed by atoms with E-state index in [9.17, 15) is 14.7 Å². The molecule has 0 aromatic heterocycles. The first kappa shape index (κ1) is 16.9.